The number of para-hydroxylation sites is 3. The van der Waals surface area contributed by atoms with E-state index >= 15 is 0 Å². The van der Waals surface area contributed by atoms with Crippen molar-refractivity contribution in [2.75, 3.05) is 9.80 Å². The Morgan fingerprint density at radius 2 is 1.13 bits per heavy atom. The van der Waals surface area contributed by atoms with E-state index in [-0.39, 0.29) is 6.04 Å². The first-order valence-electron chi connectivity index (χ1n) is 19.6. The van der Waals surface area contributed by atoms with E-state index in [1.807, 2.05) is 0 Å². The van der Waals surface area contributed by atoms with Gasteiger partial charge in [-0.1, -0.05) is 117 Å². The summed E-state index contributed by atoms with van der Waals surface area (Å²) in [5.74, 6) is 0.363. The molecule has 1 aromatic heterocycles. The van der Waals surface area contributed by atoms with Gasteiger partial charge in [-0.25, -0.2) is 0 Å². The Morgan fingerprint density at radius 1 is 0.491 bits per heavy atom. The number of nitrogens with zero attached hydrogens (tertiary/aromatic N) is 3. The Kier molecular flexibility index (Phi) is 8.21. The number of aryl methyl sites for hydroxylation is 2. The molecule has 0 bridgehead atoms. The molecule has 0 saturated carbocycles. The molecule has 0 radical (unpaired) electrons. The molecular formula is C52H43N3. The third-order valence-electron chi connectivity index (χ3n) is 11.7. The SMILES string of the molecule is CCc1ccccc1-c1cc2c(cc1CC)c1ccccc1n2-c1ccc(N(c2ccccc2)c2ccc(N3c4ccccc4C4C=CC=CC43)cc2)cc1. The van der Waals surface area contributed by atoms with Crippen molar-refractivity contribution in [3.05, 3.63) is 205 Å². The minimum Gasteiger partial charge on any atom is -0.333 e. The quantitative estimate of drug-likeness (QED) is 0.156. The molecule has 7 aromatic carbocycles. The summed E-state index contributed by atoms with van der Waals surface area (Å²) in [6.45, 7) is 4.53. The zero-order valence-electron chi connectivity index (χ0n) is 31.3. The molecule has 0 amide bonds. The summed E-state index contributed by atoms with van der Waals surface area (Å²) in [4.78, 5) is 4.85. The summed E-state index contributed by atoms with van der Waals surface area (Å²) in [6, 6.07) is 60.6. The Bertz CT molecular complexity index is 2730. The highest BCUT2D eigenvalue weighted by molar-refractivity contribution is 6.10. The summed E-state index contributed by atoms with van der Waals surface area (Å²) >= 11 is 0. The number of rotatable bonds is 8. The molecule has 55 heavy (non-hydrogen) atoms. The van der Waals surface area contributed by atoms with Gasteiger partial charge in [-0.05, 0) is 126 Å². The van der Waals surface area contributed by atoms with Gasteiger partial charge >= 0.3 is 0 Å². The molecular weight excluding hydrogens is 667 g/mol. The zero-order valence-corrected chi connectivity index (χ0v) is 31.3. The van der Waals surface area contributed by atoms with E-state index < -0.39 is 0 Å². The van der Waals surface area contributed by atoms with Gasteiger partial charge in [0.2, 0.25) is 0 Å². The molecule has 2 aliphatic rings. The smallest absolute Gasteiger partial charge is 0.0629 e. The summed E-state index contributed by atoms with van der Waals surface area (Å²) in [5.41, 5.74) is 16.3. The van der Waals surface area contributed by atoms with E-state index in [1.54, 1.807) is 0 Å². The molecule has 0 fully saturated rings. The molecule has 0 saturated heterocycles. The van der Waals surface area contributed by atoms with Crippen molar-refractivity contribution in [1.29, 1.82) is 0 Å². The molecule has 10 rings (SSSR count). The highest BCUT2D eigenvalue weighted by atomic mass is 15.2. The minimum absolute atomic E-state index is 0.276. The van der Waals surface area contributed by atoms with Gasteiger partial charge in [0.1, 0.15) is 0 Å². The van der Waals surface area contributed by atoms with Crippen LogP contribution in [0.3, 0.4) is 0 Å². The molecule has 8 aromatic rings. The first-order valence-corrected chi connectivity index (χ1v) is 19.6. The number of hydrogen-bond donors (Lipinski definition) is 0. The average Bonchev–Trinajstić information content (AvgIpc) is 3.76. The number of fused-ring (bicyclic) bond motifs is 6. The van der Waals surface area contributed by atoms with E-state index in [0.717, 1.165) is 35.6 Å². The van der Waals surface area contributed by atoms with Crippen LogP contribution in [0.25, 0.3) is 38.6 Å². The first-order chi connectivity index (χ1) is 27.2. The van der Waals surface area contributed by atoms with Crippen molar-refractivity contribution in [2.45, 2.75) is 38.6 Å². The summed E-state index contributed by atoms with van der Waals surface area (Å²) in [5, 5.41) is 2.58. The van der Waals surface area contributed by atoms with Crippen molar-refractivity contribution >= 4 is 50.2 Å². The molecule has 0 N–H and O–H groups in total. The fourth-order valence-corrected chi connectivity index (χ4v) is 9.10. The van der Waals surface area contributed by atoms with Crippen LogP contribution in [0.5, 0.6) is 0 Å². The normalized spacial score (nSPS) is 15.8. The zero-order chi connectivity index (χ0) is 36.9. The van der Waals surface area contributed by atoms with Crippen LogP contribution in [0.4, 0.5) is 28.4 Å². The maximum atomic E-state index is 2.49. The van der Waals surface area contributed by atoms with E-state index in [9.17, 15) is 0 Å². The summed E-state index contributed by atoms with van der Waals surface area (Å²) in [6.07, 6.45) is 11.0. The van der Waals surface area contributed by atoms with Crippen LogP contribution in [0.2, 0.25) is 0 Å². The van der Waals surface area contributed by atoms with E-state index in [1.165, 1.54) is 61.0 Å². The van der Waals surface area contributed by atoms with Gasteiger partial charge in [0.25, 0.3) is 0 Å². The second kappa shape index (κ2) is 13.7. The lowest BCUT2D eigenvalue weighted by molar-refractivity contribution is 0.745. The van der Waals surface area contributed by atoms with Crippen LogP contribution in [0.1, 0.15) is 36.5 Å². The lowest BCUT2D eigenvalue weighted by Gasteiger charge is -2.30. The summed E-state index contributed by atoms with van der Waals surface area (Å²) < 4.78 is 2.45. The number of benzene rings is 7. The van der Waals surface area contributed by atoms with Gasteiger partial charge < -0.3 is 14.4 Å². The van der Waals surface area contributed by atoms with Crippen LogP contribution < -0.4 is 9.80 Å². The first kappa shape index (κ1) is 33.0. The van der Waals surface area contributed by atoms with E-state index in [4.69, 9.17) is 0 Å². The largest absolute Gasteiger partial charge is 0.333 e. The van der Waals surface area contributed by atoms with Crippen molar-refractivity contribution in [1.82, 2.24) is 4.57 Å². The molecule has 0 spiro atoms. The van der Waals surface area contributed by atoms with Crippen LogP contribution in [-0.4, -0.2) is 10.6 Å². The Balaban J connectivity index is 1.06. The number of aromatic nitrogens is 1. The fraction of sp³-hybridized carbons (Fsp3) is 0.115. The molecule has 2 heterocycles. The molecule has 1 aliphatic carbocycles. The third-order valence-corrected chi connectivity index (χ3v) is 11.7. The Morgan fingerprint density at radius 3 is 1.91 bits per heavy atom. The van der Waals surface area contributed by atoms with Gasteiger partial charge in [0.05, 0.1) is 17.1 Å². The van der Waals surface area contributed by atoms with Crippen molar-refractivity contribution in [3.8, 4) is 16.8 Å². The minimum atomic E-state index is 0.276. The predicted octanol–water partition coefficient (Wildman–Crippen LogP) is 13.8. The standard InChI is InChI=1S/C52H43N3/c1-3-36-16-8-9-19-43(36)47-35-52-48(34-37(47)4-2)46-22-12-15-25-51(46)55(52)42-32-28-40(29-33-42)53(38-17-6-5-7-18-38)39-26-30-41(31-27-39)54-49-23-13-10-20-44(49)45-21-11-14-24-50(45)54/h5-35,44,49H,3-4H2,1-2H3. The number of hydrogen-bond acceptors (Lipinski definition) is 2. The van der Waals surface area contributed by atoms with Gasteiger partial charge in [0.15, 0.2) is 0 Å². The van der Waals surface area contributed by atoms with Gasteiger partial charge in [-0.2, -0.15) is 0 Å². The van der Waals surface area contributed by atoms with E-state index in [0.29, 0.717) is 5.92 Å². The van der Waals surface area contributed by atoms with Crippen molar-refractivity contribution < 1.29 is 0 Å². The molecule has 3 nitrogen and oxygen atoms in total. The lowest BCUT2D eigenvalue weighted by atomic mass is 9.91. The van der Waals surface area contributed by atoms with Gasteiger partial charge in [-0.15, -0.1) is 0 Å². The lowest BCUT2D eigenvalue weighted by Crippen LogP contribution is -2.28. The molecule has 1 aliphatic heterocycles. The maximum absolute atomic E-state index is 2.49. The topological polar surface area (TPSA) is 11.4 Å². The van der Waals surface area contributed by atoms with E-state index in [2.05, 4.69) is 216 Å². The second-order valence-corrected chi connectivity index (χ2v) is 14.7. The van der Waals surface area contributed by atoms with Crippen molar-refractivity contribution in [3.63, 3.8) is 0 Å². The molecule has 266 valence electrons. The summed E-state index contributed by atoms with van der Waals surface area (Å²) in [7, 11) is 0. The molecule has 3 heteroatoms. The van der Waals surface area contributed by atoms with Gasteiger partial charge in [-0.3, -0.25) is 0 Å². The maximum Gasteiger partial charge on any atom is 0.0629 e. The fourth-order valence-electron chi connectivity index (χ4n) is 9.10. The average molecular weight is 710 g/mol. The predicted molar refractivity (Wildman–Crippen MR) is 233 cm³/mol. The Labute approximate surface area is 323 Å². The molecule has 2 unspecified atom stereocenters. The monoisotopic (exact) mass is 709 g/mol. The van der Waals surface area contributed by atoms with Crippen LogP contribution >= 0.6 is 0 Å². The van der Waals surface area contributed by atoms with Crippen molar-refractivity contribution in [2.24, 2.45) is 0 Å². The highest BCUT2D eigenvalue weighted by Crippen LogP contribution is 2.48. The highest BCUT2D eigenvalue weighted by Gasteiger charge is 2.37. The van der Waals surface area contributed by atoms with Crippen LogP contribution in [0, 0.1) is 0 Å². The van der Waals surface area contributed by atoms with Gasteiger partial charge in [0, 0.05) is 50.8 Å². The number of anilines is 5. The second-order valence-electron chi connectivity index (χ2n) is 14.7. The Hall–Kier alpha value is -6.58. The number of allylic oxidation sites excluding steroid dienone is 2. The third kappa shape index (κ3) is 5.50. The van der Waals surface area contributed by atoms with Crippen LogP contribution in [-0.2, 0) is 12.8 Å². The van der Waals surface area contributed by atoms with Crippen LogP contribution in [0.15, 0.2) is 188 Å². The molecule has 2 atom stereocenters.